The van der Waals surface area contributed by atoms with Crippen molar-refractivity contribution in [3.63, 3.8) is 0 Å². The second-order valence-corrected chi connectivity index (χ2v) is 9.61. The van der Waals surface area contributed by atoms with Crippen LogP contribution in [-0.4, -0.2) is 53.4 Å². The maximum absolute atomic E-state index is 13.6. The van der Waals surface area contributed by atoms with E-state index in [0.717, 1.165) is 38.1 Å². The molecule has 3 aliphatic rings. The Hall–Kier alpha value is -2.76. The maximum atomic E-state index is 13.6. The number of fused-ring (bicyclic) bond motifs is 1. The van der Waals surface area contributed by atoms with Gasteiger partial charge in [0.15, 0.2) is 0 Å². The van der Waals surface area contributed by atoms with E-state index in [1.807, 2.05) is 12.1 Å². The van der Waals surface area contributed by atoms with Crippen molar-refractivity contribution in [2.24, 2.45) is 11.0 Å². The van der Waals surface area contributed by atoms with Crippen LogP contribution in [0.3, 0.4) is 0 Å². The average Bonchev–Trinajstić information content (AvgIpc) is 3.21. The van der Waals surface area contributed by atoms with Gasteiger partial charge in [-0.3, -0.25) is 9.69 Å². The number of carbonyl (C=O) groups excluding carboxylic acids is 1. The van der Waals surface area contributed by atoms with Gasteiger partial charge in [-0.25, -0.2) is 5.01 Å². The lowest BCUT2D eigenvalue weighted by molar-refractivity contribution is -0.138. The zero-order valence-corrected chi connectivity index (χ0v) is 19.6. The van der Waals surface area contributed by atoms with E-state index in [2.05, 4.69) is 73.4 Å². The molecule has 1 aliphatic carbocycles. The molecule has 5 rings (SSSR count). The topological polar surface area (TPSA) is 45.1 Å². The predicted molar refractivity (Wildman–Crippen MR) is 132 cm³/mol. The third-order valence-corrected chi connectivity index (χ3v) is 6.89. The third-order valence-electron chi connectivity index (χ3n) is 6.89. The van der Waals surface area contributed by atoms with Gasteiger partial charge in [0.1, 0.15) is 0 Å². The third kappa shape index (κ3) is 4.80. The van der Waals surface area contributed by atoms with E-state index in [1.165, 1.54) is 16.7 Å². The van der Waals surface area contributed by atoms with E-state index in [1.54, 1.807) is 5.01 Å². The number of carbonyl (C=O) groups is 1. The number of hydrazone groups is 1. The fourth-order valence-electron chi connectivity index (χ4n) is 5.62. The lowest BCUT2D eigenvalue weighted by Gasteiger charge is -2.36. The van der Waals surface area contributed by atoms with Crippen LogP contribution >= 0.6 is 0 Å². The highest BCUT2D eigenvalue weighted by Crippen LogP contribution is 2.44. The molecule has 2 aromatic rings. The SMILES string of the molecule is CC1CN(CC(=O)N2N=C3C(=Cc4ccccc4)CCCC3C2c2ccccc2)CC(C)O1. The molecule has 2 aliphatic heterocycles. The Bertz CT molecular complexity index is 1020. The summed E-state index contributed by atoms with van der Waals surface area (Å²) >= 11 is 0. The van der Waals surface area contributed by atoms with E-state index >= 15 is 0 Å². The molecule has 1 amide bonds. The Morgan fingerprint density at radius 3 is 2.39 bits per heavy atom. The molecule has 0 radical (unpaired) electrons. The van der Waals surface area contributed by atoms with E-state index in [-0.39, 0.29) is 30.1 Å². The molecule has 172 valence electrons. The van der Waals surface area contributed by atoms with Crippen molar-refractivity contribution < 1.29 is 9.53 Å². The van der Waals surface area contributed by atoms with Crippen LogP contribution in [0.4, 0.5) is 0 Å². The van der Waals surface area contributed by atoms with Crippen LogP contribution in [0.1, 0.15) is 50.3 Å². The first-order valence-corrected chi connectivity index (χ1v) is 12.2. The van der Waals surface area contributed by atoms with E-state index in [0.29, 0.717) is 6.54 Å². The molecule has 4 unspecified atom stereocenters. The van der Waals surface area contributed by atoms with Crippen LogP contribution in [-0.2, 0) is 9.53 Å². The lowest BCUT2D eigenvalue weighted by atomic mass is 9.77. The zero-order valence-electron chi connectivity index (χ0n) is 19.6. The lowest BCUT2D eigenvalue weighted by Crippen LogP contribution is -2.49. The molecule has 0 bridgehead atoms. The van der Waals surface area contributed by atoms with Gasteiger partial charge >= 0.3 is 0 Å². The van der Waals surface area contributed by atoms with Crippen LogP contribution in [0.2, 0.25) is 0 Å². The van der Waals surface area contributed by atoms with Gasteiger partial charge < -0.3 is 4.74 Å². The maximum Gasteiger partial charge on any atom is 0.257 e. The molecule has 0 aromatic heterocycles. The molecule has 5 nitrogen and oxygen atoms in total. The Balaban J connectivity index is 1.46. The number of hydrogen-bond donors (Lipinski definition) is 0. The number of allylic oxidation sites excluding steroid dienone is 1. The van der Waals surface area contributed by atoms with Gasteiger partial charge in [0.25, 0.3) is 5.91 Å². The fourth-order valence-corrected chi connectivity index (χ4v) is 5.62. The highest BCUT2D eigenvalue weighted by Gasteiger charge is 2.44. The predicted octanol–water partition coefficient (Wildman–Crippen LogP) is 4.92. The van der Waals surface area contributed by atoms with Crippen molar-refractivity contribution in [2.45, 2.75) is 51.4 Å². The first-order chi connectivity index (χ1) is 16.1. The van der Waals surface area contributed by atoms with Gasteiger partial charge in [0.2, 0.25) is 0 Å². The van der Waals surface area contributed by atoms with Gasteiger partial charge in [0, 0.05) is 19.0 Å². The first kappa shape index (κ1) is 22.1. The van der Waals surface area contributed by atoms with Crippen molar-refractivity contribution in [1.82, 2.24) is 9.91 Å². The van der Waals surface area contributed by atoms with Gasteiger partial charge in [-0.15, -0.1) is 0 Å². The number of ether oxygens (including phenoxy) is 1. The number of benzene rings is 2. The normalized spacial score (nSPS) is 29.1. The number of rotatable bonds is 4. The Morgan fingerprint density at radius 1 is 1.03 bits per heavy atom. The van der Waals surface area contributed by atoms with Crippen LogP contribution in [0.15, 0.2) is 71.3 Å². The smallest absolute Gasteiger partial charge is 0.257 e. The number of hydrogen-bond acceptors (Lipinski definition) is 4. The molecule has 2 fully saturated rings. The number of morpholine rings is 1. The van der Waals surface area contributed by atoms with Crippen molar-refractivity contribution in [3.8, 4) is 0 Å². The first-order valence-electron chi connectivity index (χ1n) is 12.2. The molecule has 2 heterocycles. The van der Waals surface area contributed by atoms with Crippen LogP contribution in [0, 0.1) is 5.92 Å². The van der Waals surface area contributed by atoms with Crippen LogP contribution in [0.25, 0.3) is 6.08 Å². The molecular weight excluding hydrogens is 410 g/mol. The molecule has 4 atom stereocenters. The van der Waals surface area contributed by atoms with Crippen molar-refractivity contribution >= 4 is 17.7 Å². The molecule has 1 saturated heterocycles. The quantitative estimate of drug-likeness (QED) is 0.674. The summed E-state index contributed by atoms with van der Waals surface area (Å²) in [6.45, 7) is 6.08. The van der Waals surface area contributed by atoms with E-state index < -0.39 is 0 Å². The summed E-state index contributed by atoms with van der Waals surface area (Å²) in [4.78, 5) is 15.9. The molecule has 1 saturated carbocycles. The minimum atomic E-state index is -0.0379. The number of amides is 1. The van der Waals surface area contributed by atoms with Gasteiger partial charge in [-0.1, -0.05) is 60.7 Å². The summed E-state index contributed by atoms with van der Waals surface area (Å²) in [5.41, 5.74) is 4.71. The summed E-state index contributed by atoms with van der Waals surface area (Å²) in [6, 6.07) is 20.8. The summed E-state index contributed by atoms with van der Waals surface area (Å²) < 4.78 is 5.86. The largest absolute Gasteiger partial charge is 0.373 e. The molecule has 5 heteroatoms. The Kier molecular flexibility index (Phi) is 6.43. The molecule has 2 aromatic carbocycles. The summed E-state index contributed by atoms with van der Waals surface area (Å²) in [5.74, 6) is 0.314. The summed E-state index contributed by atoms with van der Waals surface area (Å²) in [6.07, 6.45) is 5.71. The van der Waals surface area contributed by atoms with Gasteiger partial charge in [-0.05, 0) is 55.9 Å². The highest BCUT2D eigenvalue weighted by molar-refractivity contribution is 6.08. The van der Waals surface area contributed by atoms with Crippen LogP contribution < -0.4 is 0 Å². The Morgan fingerprint density at radius 2 is 1.70 bits per heavy atom. The second-order valence-electron chi connectivity index (χ2n) is 9.61. The molecular formula is C28H33N3O2. The van der Waals surface area contributed by atoms with Crippen molar-refractivity contribution in [1.29, 1.82) is 0 Å². The Labute approximate surface area is 196 Å². The number of nitrogens with zero attached hydrogens (tertiary/aromatic N) is 3. The average molecular weight is 444 g/mol. The molecule has 33 heavy (non-hydrogen) atoms. The monoisotopic (exact) mass is 443 g/mol. The minimum absolute atomic E-state index is 0.0379. The summed E-state index contributed by atoms with van der Waals surface area (Å²) in [5, 5.41) is 6.82. The zero-order chi connectivity index (χ0) is 22.8. The van der Waals surface area contributed by atoms with E-state index in [9.17, 15) is 4.79 Å². The molecule has 0 N–H and O–H groups in total. The van der Waals surface area contributed by atoms with Crippen molar-refractivity contribution in [3.05, 3.63) is 77.4 Å². The van der Waals surface area contributed by atoms with Crippen molar-refractivity contribution in [2.75, 3.05) is 19.6 Å². The molecule has 0 spiro atoms. The fraction of sp³-hybridized carbons (Fsp3) is 0.429. The van der Waals surface area contributed by atoms with Gasteiger partial charge in [0.05, 0.1) is 30.5 Å². The van der Waals surface area contributed by atoms with Gasteiger partial charge in [-0.2, -0.15) is 5.10 Å². The standard InChI is InChI=1S/C28H33N3O2/c1-20-17-30(18-21(2)33-20)19-26(32)31-28(23-12-7-4-8-13-23)25-15-9-14-24(27(25)29-31)16-22-10-5-3-6-11-22/h3-8,10-13,16,20-21,25,28H,9,14-15,17-19H2,1-2H3. The minimum Gasteiger partial charge on any atom is -0.373 e. The second kappa shape index (κ2) is 9.62. The highest BCUT2D eigenvalue weighted by atomic mass is 16.5. The summed E-state index contributed by atoms with van der Waals surface area (Å²) in [7, 11) is 0. The van der Waals surface area contributed by atoms with Crippen LogP contribution in [0.5, 0.6) is 0 Å². The van der Waals surface area contributed by atoms with E-state index in [4.69, 9.17) is 9.84 Å².